The van der Waals surface area contributed by atoms with Crippen molar-refractivity contribution in [2.45, 2.75) is 3.79 Å². The molecule has 0 aliphatic rings. The summed E-state index contributed by atoms with van der Waals surface area (Å²) in [5.41, 5.74) is 2.49. The first-order valence-electron chi connectivity index (χ1n) is 9.20. The smallest absolute Gasteiger partial charge is 0.411 e. The first-order chi connectivity index (χ1) is 15.3. The van der Waals surface area contributed by atoms with Crippen LogP contribution < -0.4 is 20.1 Å². The molecule has 0 saturated carbocycles. The third kappa shape index (κ3) is 6.53. The fourth-order valence-corrected chi connectivity index (χ4v) is 2.92. The number of nitrogens with zero attached hydrogens (tertiary/aromatic N) is 2. The molecule has 3 rings (SSSR count). The summed E-state index contributed by atoms with van der Waals surface area (Å²) in [4.78, 5) is 20.6. The van der Waals surface area contributed by atoms with Gasteiger partial charge in [0.05, 0.1) is 25.6 Å². The summed E-state index contributed by atoms with van der Waals surface area (Å²) in [6, 6.07) is 14.4. The third-order valence-corrected chi connectivity index (χ3v) is 4.45. The molecule has 0 spiro atoms. The molecular formula is C21H19Cl3N4O4. The van der Waals surface area contributed by atoms with Crippen LogP contribution in [-0.4, -0.2) is 40.7 Å². The van der Waals surface area contributed by atoms with Gasteiger partial charge in [0, 0.05) is 17.3 Å². The lowest BCUT2D eigenvalue weighted by Crippen LogP contribution is -2.21. The highest BCUT2D eigenvalue weighted by Gasteiger charge is 2.22. The second-order valence-corrected chi connectivity index (χ2v) is 8.86. The van der Waals surface area contributed by atoms with Crippen molar-refractivity contribution in [2.24, 2.45) is 0 Å². The van der Waals surface area contributed by atoms with E-state index in [1.807, 2.05) is 24.3 Å². The van der Waals surface area contributed by atoms with Crippen molar-refractivity contribution < 1.29 is 19.0 Å². The Balaban J connectivity index is 1.79. The van der Waals surface area contributed by atoms with Crippen LogP contribution in [0.1, 0.15) is 0 Å². The molecule has 0 saturated heterocycles. The summed E-state index contributed by atoms with van der Waals surface area (Å²) in [5.74, 6) is 1.65. The average molecular weight is 498 g/mol. The lowest BCUT2D eigenvalue weighted by atomic mass is 10.1. The standard InChI is InChI=1S/C21H19Cl3N4O4/c1-30-17-6-4-3-5-14(17)15-10-19(26-12-25-15)27-13-7-8-18(31-2)16(9-13)28-20(29)32-11-21(22,23)24/h3-10,12H,11H2,1-2H3,(H,28,29)(H,25,26,27). The highest BCUT2D eigenvalue weighted by Crippen LogP contribution is 2.32. The fraction of sp³-hybridized carbons (Fsp3) is 0.190. The second kappa shape index (κ2) is 10.6. The van der Waals surface area contributed by atoms with E-state index in [2.05, 4.69) is 20.6 Å². The highest BCUT2D eigenvalue weighted by atomic mass is 35.6. The van der Waals surface area contributed by atoms with E-state index in [-0.39, 0.29) is 0 Å². The van der Waals surface area contributed by atoms with Crippen LogP contribution in [0.15, 0.2) is 54.9 Å². The maximum atomic E-state index is 12.0. The first kappa shape index (κ1) is 23.7. The summed E-state index contributed by atoms with van der Waals surface area (Å²) in [6.45, 7) is -0.406. The minimum absolute atomic E-state index is 0.353. The molecule has 1 aromatic heterocycles. The molecule has 2 N–H and O–H groups in total. The van der Waals surface area contributed by atoms with Gasteiger partial charge in [0.15, 0.2) is 0 Å². The van der Waals surface area contributed by atoms with E-state index in [9.17, 15) is 4.79 Å². The SMILES string of the molecule is COc1ccc(Nc2cc(-c3ccccc3OC)ncn2)cc1NC(=O)OCC(Cl)(Cl)Cl. The van der Waals surface area contributed by atoms with Crippen molar-refractivity contribution in [1.82, 2.24) is 9.97 Å². The number of benzene rings is 2. The van der Waals surface area contributed by atoms with E-state index in [4.69, 9.17) is 49.0 Å². The Morgan fingerprint density at radius 3 is 2.47 bits per heavy atom. The summed E-state index contributed by atoms with van der Waals surface area (Å²) in [5, 5.41) is 5.73. The van der Waals surface area contributed by atoms with Gasteiger partial charge in [0.25, 0.3) is 0 Å². The zero-order valence-electron chi connectivity index (χ0n) is 17.1. The molecule has 3 aromatic rings. The molecule has 0 aliphatic heterocycles. The van der Waals surface area contributed by atoms with Gasteiger partial charge in [-0.25, -0.2) is 14.8 Å². The molecule has 0 fully saturated rings. The van der Waals surface area contributed by atoms with Gasteiger partial charge in [-0.2, -0.15) is 0 Å². The van der Waals surface area contributed by atoms with Crippen LogP contribution in [0.2, 0.25) is 0 Å². The molecule has 1 heterocycles. The Bertz CT molecular complexity index is 1090. The lowest BCUT2D eigenvalue weighted by Gasteiger charge is -2.15. The van der Waals surface area contributed by atoms with Crippen molar-refractivity contribution in [3.63, 3.8) is 0 Å². The quantitative estimate of drug-likeness (QED) is 0.397. The van der Waals surface area contributed by atoms with Crippen LogP contribution in [0, 0.1) is 0 Å². The van der Waals surface area contributed by atoms with E-state index in [1.165, 1.54) is 13.4 Å². The van der Waals surface area contributed by atoms with E-state index in [0.717, 1.165) is 5.56 Å². The Hall–Kier alpha value is -2.94. The van der Waals surface area contributed by atoms with E-state index in [0.29, 0.717) is 34.4 Å². The number of halogens is 3. The van der Waals surface area contributed by atoms with Crippen molar-refractivity contribution in [1.29, 1.82) is 0 Å². The van der Waals surface area contributed by atoms with Crippen LogP contribution in [0.25, 0.3) is 11.3 Å². The Morgan fingerprint density at radius 2 is 1.75 bits per heavy atom. The molecule has 0 radical (unpaired) electrons. The molecule has 0 aliphatic carbocycles. The number of aromatic nitrogens is 2. The number of carbonyl (C=O) groups is 1. The van der Waals surface area contributed by atoms with E-state index in [1.54, 1.807) is 31.4 Å². The number of amides is 1. The van der Waals surface area contributed by atoms with Crippen LogP contribution in [0.4, 0.5) is 22.0 Å². The lowest BCUT2D eigenvalue weighted by molar-refractivity contribution is 0.164. The number of methoxy groups -OCH3 is 2. The molecule has 0 bridgehead atoms. The second-order valence-electron chi connectivity index (χ2n) is 6.35. The number of ether oxygens (including phenoxy) is 3. The summed E-state index contributed by atoms with van der Waals surface area (Å²) in [7, 11) is 3.08. The number of nitrogens with one attached hydrogen (secondary N) is 2. The largest absolute Gasteiger partial charge is 0.496 e. The summed E-state index contributed by atoms with van der Waals surface area (Å²) >= 11 is 16.8. The van der Waals surface area contributed by atoms with Crippen LogP contribution in [-0.2, 0) is 4.74 Å². The number of para-hydroxylation sites is 1. The van der Waals surface area contributed by atoms with Gasteiger partial charge in [0.1, 0.15) is 30.3 Å². The highest BCUT2D eigenvalue weighted by molar-refractivity contribution is 6.67. The number of anilines is 3. The van der Waals surface area contributed by atoms with Crippen LogP contribution in [0.5, 0.6) is 11.5 Å². The molecule has 1 amide bonds. The number of hydrogen-bond donors (Lipinski definition) is 2. The van der Waals surface area contributed by atoms with Gasteiger partial charge in [-0.15, -0.1) is 0 Å². The predicted molar refractivity (Wildman–Crippen MR) is 126 cm³/mol. The van der Waals surface area contributed by atoms with Gasteiger partial charge in [0.2, 0.25) is 3.79 Å². The van der Waals surface area contributed by atoms with Crippen molar-refractivity contribution in [2.75, 3.05) is 31.5 Å². The van der Waals surface area contributed by atoms with Gasteiger partial charge in [-0.1, -0.05) is 46.9 Å². The van der Waals surface area contributed by atoms with E-state index < -0.39 is 16.5 Å². The maximum absolute atomic E-state index is 12.0. The third-order valence-electron chi connectivity index (χ3n) is 4.13. The number of rotatable bonds is 7. The maximum Gasteiger partial charge on any atom is 0.411 e. The first-order valence-corrected chi connectivity index (χ1v) is 10.3. The number of hydrogen-bond acceptors (Lipinski definition) is 7. The molecular weight excluding hydrogens is 479 g/mol. The van der Waals surface area contributed by atoms with Gasteiger partial charge >= 0.3 is 6.09 Å². The van der Waals surface area contributed by atoms with Crippen molar-refractivity contribution >= 4 is 58.1 Å². The molecule has 0 unspecified atom stereocenters. The number of carbonyl (C=O) groups excluding carboxylic acids is 1. The Labute approximate surface area is 199 Å². The minimum Gasteiger partial charge on any atom is -0.496 e. The van der Waals surface area contributed by atoms with E-state index >= 15 is 0 Å². The van der Waals surface area contributed by atoms with Crippen LogP contribution >= 0.6 is 34.8 Å². The minimum atomic E-state index is -1.71. The van der Waals surface area contributed by atoms with Crippen molar-refractivity contribution in [3.8, 4) is 22.8 Å². The average Bonchev–Trinajstić information content (AvgIpc) is 2.77. The molecule has 0 atom stereocenters. The van der Waals surface area contributed by atoms with Gasteiger partial charge in [-0.05, 0) is 30.3 Å². The summed E-state index contributed by atoms with van der Waals surface area (Å²) in [6.07, 6.45) is 0.646. The Morgan fingerprint density at radius 1 is 1.00 bits per heavy atom. The van der Waals surface area contributed by atoms with Crippen molar-refractivity contribution in [3.05, 3.63) is 54.9 Å². The Kier molecular flexibility index (Phi) is 7.84. The molecule has 11 heteroatoms. The zero-order valence-corrected chi connectivity index (χ0v) is 19.3. The van der Waals surface area contributed by atoms with Gasteiger partial charge in [-0.3, -0.25) is 5.32 Å². The fourth-order valence-electron chi connectivity index (χ4n) is 2.75. The number of alkyl halides is 3. The molecule has 2 aromatic carbocycles. The monoisotopic (exact) mass is 496 g/mol. The molecule has 8 nitrogen and oxygen atoms in total. The zero-order chi connectivity index (χ0) is 23.1. The predicted octanol–water partition coefficient (Wildman–Crippen LogP) is 5.82. The molecule has 32 heavy (non-hydrogen) atoms. The van der Waals surface area contributed by atoms with Crippen LogP contribution in [0.3, 0.4) is 0 Å². The molecule has 168 valence electrons. The van der Waals surface area contributed by atoms with Gasteiger partial charge < -0.3 is 19.5 Å². The normalized spacial score (nSPS) is 10.9. The summed E-state index contributed by atoms with van der Waals surface area (Å²) < 4.78 is 13.9. The topological polar surface area (TPSA) is 94.6 Å².